The van der Waals surface area contributed by atoms with Gasteiger partial charge in [-0.25, -0.2) is 9.78 Å². The van der Waals surface area contributed by atoms with Crippen LogP contribution in [0, 0.1) is 0 Å². The molecule has 0 spiro atoms. The van der Waals surface area contributed by atoms with Crippen molar-refractivity contribution in [2.75, 3.05) is 0 Å². The van der Waals surface area contributed by atoms with Crippen LogP contribution in [0.3, 0.4) is 0 Å². The number of H-pyrrole nitrogens is 1. The van der Waals surface area contributed by atoms with Crippen LogP contribution >= 0.6 is 46.1 Å². The Morgan fingerprint density at radius 1 is 0.921 bits per heavy atom. The summed E-state index contributed by atoms with van der Waals surface area (Å²) in [4.78, 5) is 32.3. The molecule has 2 heterocycles. The zero-order valence-electron chi connectivity index (χ0n) is 20.3. The van der Waals surface area contributed by atoms with Crippen LogP contribution in [0.5, 0.6) is 0 Å². The number of hydrogen-bond acceptors (Lipinski definition) is 5. The summed E-state index contributed by atoms with van der Waals surface area (Å²) in [5.41, 5.74) is 2.54. The van der Waals surface area contributed by atoms with Crippen LogP contribution in [-0.2, 0) is 0 Å². The summed E-state index contributed by atoms with van der Waals surface area (Å²) in [5.74, 6) is -0.157. The minimum atomic E-state index is -0.694. The van der Waals surface area contributed by atoms with E-state index in [-0.39, 0.29) is 5.92 Å². The summed E-state index contributed by atoms with van der Waals surface area (Å²) in [6.45, 7) is 4.29. The van der Waals surface area contributed by atoms with Crippen molar-refractivity contribution in [1.29, 1.82) is 0 Å². The first-order valence-corrected chi connectivity index (χ1v) is 13.7. The molecule has 1 atom stereocenters. The molecule has 0 fully saturated rings. The fourth-order valence-corrected chi connectivity index (χ4v) is 6.31. The number of nitrogens with one attached hydrogen (secondary N) is 1. The highest BCUT2D eigenvalue weighted by atomic mass is 35.5. The van der Waals surface area contributed by atoms with Crippen molar-refractivity contribution < 1.29 is 0 Å². The maximum absolute atomic E-state index is 12.3. The topological polar surface area (TPSA) is 80.6 Å². The smallest absolute Gasteiger partial charge is 0.271 e. The Hall–Kier alpha value is -3.23. The van der Waals surface area contributed by atoms with Gasteiger partial charge < -0.3 is 0 Å². The zero-order valence-corrected chi connectivity index (χ0v) is 23.4. The maximum Gasteiger partial charge on any atom is 0.349 e. The Kier molecular flexibility index (Phi) is 7.54. The maximum atomic E-state index is 12.3. The first kappa shape index (κ1) is 26.4. The number of nitrogens with zero attached hydrogens (tertiary/aromatic N) is 3. The van der Waals surface area contributed by atoms with Crippen LogP contribution in [-0.4, -0.2) is 19.7 Å². The van der Waals surface area contributed by atoms with Crippen molar-refractivity contribution in [3.05, 3.63) is 130 Å². The highest BCUT2D eigenvalue weighted by molar-refractivity contribution is 7.12. The Bertz CT molecular complexity index is 1710. The molecule has 0 aliphatic carbocycles. The molecule has 0 radical (unpaired) electrons. The Morgan fingerprint density at radius 2 is 1.58 bits per heavy atom. The highest BCUT2D eigenvalue weighted by Gasteiger charge is 2.28. The molecule has 2 aromatic heterocycles. The molecular formula is C28H21Cl3N4O2S. The van der Waals surface area contributed by atoms with Gasteiger partial charge in [0.1, 0.15) is 11.2 Å². The van der Waals surface area contributed by atoms with Crippen molar-refractivity contribution in [2.24, 2.45) is 0 Å². The van der Waals surface area contributed by atoms with Gasteiger partial charge >= 0.3 is 5.69 Å². The van der Waals surface area contributed by atoms with Gasteiger partial charge in [-0.05, 0) is 35.7 Å². The van der Waals surface area contributed by atoms with E-state index in [0.717, 1.165) is 37.6 Å². The van der Waals surface area contributed by atoms with E-state index >= 15 is 0 Å². The third-order valence-corrected chi connectivity index (χ3v) is 8.30. The minimum absolute atomic E-state index is 0.244. The molecule has 3 aromatic carbocycles. The van der Waals surface area contributed by atoms with E-state index < -0.39 is 17.2 Å². The van der Waals surface area contributed by atoms with Gasteiger partial charge in [-0.1, -0.05) is 91.1 Å². The monoisotopic (exact) mass is 582 g/mol. The van der Waals surface area contributed by atoms with Gasteiger partial charge in [0, 0.05) is 31.1 Å². The molecule has 6 nitrogen and oxygen atoms in total. The van der Waals surface area contributed by atoms with Crippen LogP contribution in [0.4, 0.5) is 0 Å². The number of halogens is 3. The molecule has 38 heavy (non-hydrogen) atoms. The van der Waals surface area contributed by atoms with Crippen LogP contribution in [0.2, 0.25) is 15.1 Å². The molecule has 5 aromatic rings. The number of benzene rings is 3. The Labute approximate surface area is 237 Å². The average Bonchev–Trinajstić information content (AvgIpc) is 3.33. The lowest BCUT2D eigenvalue weighted by molar-refractivity contribution is 0.749. The van der Waals surface area contributed by atoms with Crippen LogP contribution < -0.4 is 11.2 Å². The molecule has 0 amide bonds. The summed E-state index contributed by atoms with van der Waals surface area (Å²) in [7, 11) is 0. The molecule has 10 heteroatoms. The number of hydrogen-bond donors (Lipinski definition) is 1. The van der Waals surface area contributed by atoms with E-state index in [1.54, 1.807) is 23.5 Å². The van der Waals surface area contributed by atoms with Gasteiger partial charge in [0.15, 0.2) is 0 Å². The SMILES string of the molecule is CC(C)c1sc(C(c2ccc(Cl)cc2)c2c(Cl)cc(-n3ncc(=O)[nH]c3=O)cc2Cl)nc1-c1ccccc1. The van der Waals surface area contributed by atoms with Crippen molar-refractivity contribution >= 4 is 46.1 Å². The largest absolute Gasteiger partial charge is 0.349 e. The molecule has 1 N–H and O–H groups in total. The molecule has 0 saturated carbocycles. The van der Waals surface area contributed by atoms with E-state index in [0.29, 0.717) is 26.3 Å². The molecule has 0 aliphatic rings. The van der Waals surface area contributed by atoms with Crippen molar-refractivity contribution in [3.63, 3.8) is 0 Å². The third kappa shape index (κ3) is 5.20. The summed E-state index contributed by atoms with van der Waals surface area (Å²) in [6, 6.07) is 20.8. The van der Waals surface area contributed by atoms with Gasteiger partial charge in [-0.3, -0.25) is 9.78 Å². The van der Waals surface area contributed by atoms with Gasteiger partial charge in [0.25, 0.3) is 5.56 Å². The zero-order chi connectivity index (χ0) is 27.0. The Balaban J connectivity index is 1.72. The summed E-state index contributed by atoms with van der Waals surface area (Å²) in [6.07, 6.45) is 1.02. The number of thiazole rings is 1. The molecule has 0 bridgehead atoms. The number of aromatic nitrogens is 4. The predicted molar refractivity (Wildman–Crippen MR) is 155 cm³/mol. The first-order chi connectivity index (χ1) is 18.2. The summed E-state index contributed by atoms with van der Waals surface area (Å²) >= 11 is 21.6. The van der Waals surface area contributed by atoms with Gasteiger partial charge in [0.2, 0.25) is 0 Å². The lowest BCUT2D eigenvalue weighted by atomic mass is 9.91. The van der Waals surface area contributed by atoms with E-state index in [9.17, 15) is 9.59 Å². The molecule has 1 unspecified atom stereocenters. The lowest BCUT2D eigenvalue weighted by Gasteiger charge is -2.20. The molecule has 5 rings (SSSR count). The van der Waals surface area contributed by atoms with Crippen LogP contribution in [0.1, 0.15) is 46.7 Å². The molecule has 0 saturated heterocycles. The quantitative estimate of drug-likeness (QED) is 0.227. The van der Waals surface area contributed by atoms with Crippen molar-refractivity contribution in [1.82, 2.24) is 19.7 Å². The van der Waals surface area contributed by atoms with Gasteiger partial charge in [-0.15, -0.1) is 11.3 Å². The second-order valence-electron chi connectivity index (χ2n) is 8.94. The van der Waals surface area contributed by atoms with Gasteiger partial charge in [-0.2, -0.15) is 9.78 Å². The van der Waals surface area contributed by atoms with E-state index in [4.69, 9.17) is 39.8 Å². The van der Waals surface area contributed by atoms with Crippen molar-refractivity contribution in [2.45, 2.75) is 25.7 Å². The van der Waals surface area contributed by atoms with E-state index in [1.165, 1.54) is 0 Å². The summed E-state index contributed by atoms with van der Waals surface area (Å²) < 4.78 is 1.04. The number of aromatic amines is 1. The molecule has 192 valence electrons. The van der Waals surface area contributed by atoms with Crippen LogP contribution in [0.15, 0.2) is 82.5 Å². The third-order valence-electron chi connectivity index (χ3n) is 6.00. The average molecular weight is 584 g/mol. The van der Waals surface area contributed by atoms with Crippen LogP contribution in [0.25, 0.3) is 16.9 Å². The lowest BCUT2D eigenvalue weighted by Crippen LogP contribution is -2.30. The minimum Gasteiger partial charge on any atom is -0.271 e. The predicted octanol–water partition coefficient (Wildman–Crippen LogP) is 7.31. The fraction of sp³-hybridized carbons (Fsp3) is 0.143. The molecule has 0 aliphatic heterocycles. The fourth-order valence-electron chi connectivity index (χ4n) is 4.26. The standard InChI is InChI=1S/C28H21Cl3N4O2S/c1-15(2)26-25(17-6-4-3-5-7-17)34-27(38-26)23(16-8-10-18(29)11-9-16)24-20(30)12-19(13-21(24)31)35-28(37)33-22(36)14-32-35/h3-15,23H,1-2H3,(H,33,36,37). The second-order valence-corrected chi connectivity index (χ2v) is 11.3. The first-order valence-electron chi connectivity index (χ1n) is 11.7. The highest BCUT2D eigenvalue weighted by Crippen LogP contribution is 2.45. The van der Waals surface area contributed by atoms with Crippen molar-refractivity contribution in [3.8, 4) is 16.9 Å². The Morgan fingerprint density at radius 3 is 2.18 bits per heavy atom. The summed E-state index contributed by atoms with van der Waals surface area (Å²) in [5, 5.41) is 6.01. The normalized spacial score (nSPS) is 12.2. The van der Waals surface area contributed by atoms with Gasteiger partial charge in [0.05, 0.1) is 17.3 Å². The van der Waals surface area contributed by atoms with E-state index in [1.807, 2.05) is 54.6 Å². The van der Waals surface area contributed by atoms with E-state index in [2.05, 4.69) is 23.9 Å². The number of rotatable bonds is 6. The second kappa shape index (κ2) is 10.9. The molecular weight excluding hydrogens is 563 g/mol.